The molecule has 2 aromatic carbocycles. The highest BCUT2D eigenvalue weighted by molar-refractivity contribution is 7.13. The molecular weight excluding hydrogens is 572 g/mol. The first-order valence-corrected chi connectivity index (χ1v) is 13.5. The summed E-state index contributed by atoms with van der Waals surface area (Å²) in [6.07, 6.45) is -6.91. The number of methoxy groups -OCH3 is 4. The summed E-state index contributed by atoms with van der Waals surface area (Å²) >= 11 is 1.14. The van der Waals surface area contributed by atoms with E-state index in [0.29, 0.717) is 17.1 Å². The molecule has 0 bridgehead atoms. The summed E-state index contributed by atoms with van der Waals surface area (Å²) in [6, 6.07) is 7.71. The zero-order valence-corrected chi connectivity index (χ0v) is 23.7. The summed E-state index contributed by atoms with van der Waals surface area (Å²) in [7, 11) is 5.63. The van der Waals surface area contributed by atoms with E-state index in [4.69, 9.17) is 28.1 Å². The second-order valence-electron chi connectivity index (χ2n) is 9.22. The Bertz CT molecular complexity index is 1660. The maximum Gasteiger partial charge on any atom is 0.258 e. The Hall–Kier alpha value is -4.21. The normalized spacial score (nSPS) is 22.0. The number of anilines is 1. The summed E-state index contributed by atoms with van der Waals surface area (Å²) in [6.45, 7) is 0. The molecule has 0 saturated carbocycles. The highest BCUT2D eigenvalue weighted by Crippen LogP contribution is 2.46. The van der Waals surface area contributed by atoms with Crippen LogP contribution in [0.15, 0.2) is 51.1 Å². The van der Waals surface area contributed by atoms with Crippen molar-refractivity contribution in [1.29, 1.82) is 0 Å². The first kappa shape index (κ1) is 29.3. The number of fused-ring (bicyclic) bond motifs is 1. The molecule has 5 rings (SSSR count). The third kappa shape index (κ3) is 5.14. The molecule has 0 radical (unpaired) electrons. The number of amides is 1. The van der Waals surface area contributed by atoms with Crippen LogP contribution < -0.4 is 29.7 Å². The maximum atomic E-state index is 13.5. The molecule has 1 saturated heterocycles. The van der Waals surface area contributed by atoms with Crippen molar-refractivity contribution in [2.45, 2.75) is 30.5 Å². The highest BCUT2D eigenvalue weighted by Gasteiger charge is 2.49. The number of carbonyl (C=O) groups excluding carboxylic acids is 1. The summed E-state index contributed by atoms with van der Waals surface area (Å²) < 4.78 is 33.8. The molecule has 0 spiro atoms. The first-order chi connectivity index (χ1) is 20.2. The largest absolute Gasteiger partial charge is 0.496 e. The lowest BCUT2D eigenvalue weighted by Crippen LogP contribution is -2.57. The minimum Gasteiger partial charge on any atom is -0.496 e. The average molecular weight is 601 g/mol. The number of carbonyl (C=O) groups is 1. The predicted molar refractivity (Wildman–Crippen MR) is 151 cm³/mol. The molecule has 3 heterocycles. The van der Waals surface area contributed by atoms with Crippen molar-refractivity contribution < 1.29 is 48.2 Å². The smallest absolute Gasteiger partial charge is 0.258 e. The second kappa shape index (κ2) is 12.0. The Kier molecular flexibility index (Phi) is 8.34. The van der Waals surface area contributed by atoms with Gasteiger partial charge >= 0.3 is 0 Å². The van der Waals surface area contributed by atoms with E-state index >= 15 is 0 Å². The molecular formula is C28H28N2O11S. The van der Waals surface area contributed by atoms with Crippen molar-refractivity contribution in [3.63, 3.8) is 0 Å². The molecule has 13 nitrogen and oxygen atoms in total. The van der Waals surface area contributed by atoms with Gasteiger partial charge in [-0.05, 0) is 18.2 Å². The average Bonchev–Trinajstić information content (AvgIpc) is 3.51. The molecule has 14 heteroatoms. The number of aliphatic hydroxyl groups excluding tert-OH is 3. The topological polar surface area (TPSA) is 179 Å². The number of rotatable bonds is 8. The van der Waals surface area contributed by atoms with Crippen LogP contribution in [0.1, 0.15) is 11.7 Å². The lowest BCUT2D eigenvalue weighted by molar-refractivity contribution is -0.221. The summed E-state index contributed by atoms with van der Waals surface area (Å²) in [5.41, 5.74) is 0.162. The second-order valence-corrected chi connectivity index (χ2v) is 10.1. The molecule has 0 unspecified atom stereocenters. The summed E-state index contributed by atoms with van der Waals surface area (Å²) in [5, 5.41) is 36.7. The maximum absolute atomic E-state index is 13.5. The third-order valence-electron chi connectivity index (χ3n) is 6.89. The number of aromatic nitrogens is 1. The van der Waals surface area contributed by atoms with Gasteiger partial charge in [-0.2, -0.15) is 0 Å². The molecule has 222 valence electrons. The van der Waals surface area contributed by atoms with E-state index < -0.39 is 41.9 Å². The fourth-order valence-electron chi connectivity index (χ4n) is 4.86. The molecule has 4 aromatic rings. The highest BCUT2D eigenvalue weighted by atomic mass is 32.1. The van der Waals surface area contributed by atoms with Gasteiger partial charge in [0.25, 0.3) is 5.91 Å². The number of thiazole rings is 1. The van der Waals surface area contributed by atoms with Crippen LogP contribution in [0.3, 0.4) is 0 Å². The lowest BCUT2D eigenvalue weighted by Gasteiger charge is -2.40. The van der Waals surface area contributed by atoms with Gasteiger partial charge in [0.15, 0.2) is 28.2 Å². The number of benzene rings is 2. The van der Waals surface area contributed by atoms with Crippen molar-refractivity contribution in [3.05, 3.63) is 57.7 Å². The third-order valence-corrected chi connectivity index (χ3v) is 7.57. The van der Waals surface area contributed by atoms with Crippen LogP contribution in [0.5, 0.6) is 23.0 Å². The molecule has 5 atom stereocenters. The van der Waals surface area contributed by atoms with Gasteiger partial charge in [-0.1, -0.05) is 0 Å². The Morgan fingerprint density at radius 1 is 0.929 bits per heavy atom. The van der Waals surface area contributed by atoms with E-state index in [1.165, 1.54) is 46.8 Å². The van der Waals surface area contributed by atoms with Gasteiger partial charge in [-0.25, -0.2) is 4.98 Å². The monoisotopic (exact) mass is 600 g/mol. The molecule has 0 aliphatic carbocycles. The molecule has 1 aliphatic heterocycles. The van der Waals surface area contributed by atoms with Gasteiger partial charge in [0, 0.05) is 29.3 Å². The minimum absolute atomic E-state index is 0.00211. The number of hydrogen-bond acceptors (Lipinski definition) is 13. The van der Waals surface area contributed by atoms with E-state index in [-0.39, 0.29) is 38.9 Å². The quantitative estimate of drug-likeness (QED) is 0.232. The molecule has 1 fully saturated rings. The summed E-state index contributed by atoms with van der Waals surface area (Å²) in [4.78, 5) is 30.5. The van der Waals surface area contributed by atoms with Gasteiger partial charge in [0.1, 0.15) is 52.6 Å². The van der Waals surface area contributed by atoms with Crippen LogP contribution in [-0.2, 0) is 9.53 Å². The van der Waals surface area contributed by atoms with Gasteiger partial charge in [-0.3, -0.25) is 14.9 Å². The van der Waals surface area contributed by atoms with Crippen LogP contribution in [-0.4, -0.2) is 79.1 Å². The van der Waals surface area contributed by atoms with Gasteiger partial charge in [0.05, 0.1) is 34.0 Å². The van der Waals surface area contributed by atoms with Gasteiger partial charge in [-0.15, -0.1) is 11.3 Å². The van der Waals surface area contributed by atoms with Crippen molar-refractivity contribution in [3.8, 4) is 34.3 Å². The van der Waals surface area contributed by atoms with Crippen LogP contribution in [0.2, 0.25) is 0 Å². The Morgan fingerprint density at radius 3 is 2.31 bits per heavy atom. The summed E-state index contributed by atoms with van der Waals surface area (Å²) in [5.74, 6) is 0.348. The number of nitrogens with zero attached hydrogens (tertiary/aromatic N) is 1. The van der Waals surface area contributed by atoms with E-state index in [1.54, 1.807) is 23.6 Å². The number of hydrogen-bond donors (Lipinski definition) is 4. The number of nitrogens with one attached hydrogen (secondary N) is 1. The number of aliphatic hydroxyl groups is 3. The first-order valence-electron chi connectivity index (χ1n) is 12.6. The Labute approximate surface area is 242 Å². The molecule has 2 aromatic heterocycles. The SMILES string of the molecule is COc1ccc(-c2cc(=O)c3c(OC)c([C@@H]4O[C@H](C(=O)Nc5nccs5)[C@@H](O)[C@H](O)[C@H]4O)c(OC)cc3o2)cc1OC. The van der Waals surface area contributed by atoms with Gasteiger partial charge in [0.2, 0.25) is 0 Å². The van der Waals surface area contributed by atoms with E-state index in [9.17, 15) is 24.9 Å². The van der Waals surface area contributed by atoms with Crippen LogP contribution in [0.4, 0.5) is 5.13 Å². The van der Waals surface area contributed by atoms with Crippen LogP contribution in [0.25, 0.3) is 22.3 Å². The Morgan fingerprint density at radius 2 is 1.67 bits per heavy atom. The van der Waals surface area contributed by atoms with Crippen molar-refractivity contribution >= 4 is 33.3 Å². The van der Waals surface area contributed by atoms with E-state index in [0.717, 1.165) is 11.3 Å². The molecule has 1 aliphatic rings. The molecule has 4 N–H and O–H groups in total. The van der Waals surface area contributed by atoms with E-state index in [1.807, 2.05) is 0 Å². The Balaban J connectivity index is 1.61. The van der Waals surface area contributed by atoms with Crippen molar-refractivity contribution in [2.75, 3.05) is 33.8 Å². The van der Waals surface area contributed by atoms with Crippen LogP contribution >= 0.6 is 11.3 Å². The van der Waals surface area contributed by atoms with Gasteiger partial charge < -0.3 is 43.4 Å². The zero-order valence-electron chi connectivity index (χ0n) is 22.9. The van der Waals surface area contributed by atoms with Crippen LogP contribution in [0, 0.1) is 0 Å². The van der Waals surface area contributed by atoms with Crippen molar-refractivity contribution in [1.82, 2.24) is 4.98 Å². The number of ether oxygens (including phenoxy) is 5. The fourth-order valence-corrected chi connectivity index (χ4v) is 5.39. The van der Waals surface area contributed by atoms with Crippen molar-refractivity contribution in [2.24, 2.45) is 0 Å². The lowest BCUT2D eigenvalue weighted by atomic mass is 9.89. The standard InChI is InChI=1S/C28H28N2O11S/c1-36-14-6-5-12(9-16(14)37-2)15-10-13(31)19-18(40-15)11-17(38-3)20(24(19)39-4)25-22(33)21(32)23(34)26(41-25)27(35)30-28-29-7-8-42-28/h5-11,21-23,25-26,32-34H,1-4H3,(H,29,30,35)/t21-,22-,23+,25+,26+/m1/s1. The zero-order chi connectivity index (χ0) is 30.1. The minimum atomic E-state index is -1.80. The van der Waals surface area contributed by atoms with E-state index in [2.05, 4.69) is 10.3 Å². The molecule has 42 heavy (non-hydrogen) atoms. The fraction of sp³-hybridized carbons (Fsp3) is 0.321. The molecule has 1 amide bonds. The predicted octanol–water partition coefficient (Wildman–Crippen LogP) is 2.11.